The van der Waals surface area contributed by atoms with Crippen LogP contribution in [0.3, 0.4) is 0 Å². The minimum Gasteiger partial charge on any atom is -0.355 e. The van der Waals surface area contributed by atoms with E-state index in [2.05, 4.69) is 26.3 Å². The molecule has 0 spiro atoms. The molecule has 324 valence electrons. The zero-order chi connectivity index (χ0) is 43.5. The standard InChI is InChI=1S/C50H53N7O6/c58-43(27-31-15-16-31)54-45(34-9-3-1-4-10-34)49(62)56-25-7-13-41(56)47(60)51-37-21-19-33(20-22-37)40-30-36-29-38(23-24-39(36)53-40)52-48(61)42-14-8-26-57(42)50(63)46(35-11-5-2-6-12-35)55-44(59)28-32-17-18-32/h1-6,9-12,19-24,29-32,41-42,45-46,53H,7-8,13-18,25-28H2,(H,51,60)(H,52,61)(H,54,58)(H,55,59)/t41-,42-,45+,46+/m0/s1. The SMILES string of the molecule is O=C(CC1CC1)N[C@@H](C(=O)N1CCC[C@H]1C(=O)Nc1ccc(-c2cc3cc(NC(=O)[C@@H]4CCCN4C(=O)[C@H](NC(=O)CC4CC4)c4ccccc4)ccc3[nH]2)cc1)c1ccccc1. The van der Waals surface area contributed by atoms with Gasteiger partial charge in [0.1, 0.15) is 24.2 Å². The number of anilines is 2. The molecule has 13 heteroatoms. The summed E-state index contributed by atoms with van der Waals surface area (Å²) < 4.78 is 0. The molecule has 63 heavy (non-hydrogen) atoms. The number of aromatic nitrogens is 1. The van der Waals surface area contributed by atoms with Gasteiger partial charge >= 0.3 is 0 Å². The van der Waals surface area contributed by atoms with E-state index in [1.807, 2.05) is 109 Å². The molecule has 2 aliphatic heterocycles. The molecule has 1 aromatic heterocycles. The molecular weight excluding hydrogens is 795 g/mol. The first kappa shape index (κ1) is 41.6. The molecule has 9 rings (SSSR count). The van der Waals surface area contributed by atoms with Crippen molar-refractivity contribution in [3.8, 4) is 11.3 Å². The molecule has 0 unspecified atom stereocenters. The van der Waals surface area contributed by atoms with Crippen molar-refractivity contribution in [3.63, 3.8) is 0 Å². The quantitative estimate of drug-likeness (QED) is 0.0759. The third kappa shape index (κ3) is 9.83. The van der Waals surface area contributed by atoms with Crippen LogP contribution in [-0.4, -0.2) is 75.4 Å². The maximum absolute atomic E-state index is 14.0. The Labute approximate surface area is 366 Å². The van der Waals surface area contributed by atoms with Gasteiger partial charge in [0.05, 0.1) is 0 Å². The van der Waals surface area contributed by atoms with E-state index < -0.39 is 24.2 Å². The van der Waals surface area contributed by atoms with Gasteiger partial charge in [-0.25, -0.2) is 0 Å². The van der Waals surface area contributed by atoms with Crippen LogP contribution in [0, 0.1) is 11.8 Å². The summed E-state index contributed by atoms with van der Waals surface area (Å²) in [6.45, 7) is 0.856. The average Bonchev–Trinajstić information content (AvgIpc) is 4.10. The van der Waals surface area contributed by atoms with Crippen LogP contribution < -0.4 is 21.3 Å². The van der Waals surface area contributed by atoms with Crippen molar-refractivity contribution in [2.45, 2.75) is 88.4 Å². The average molecular weight is 848 g/mol. The predicted molar refractivity (Wildman–Crippen MR) is 240 cm³/mol. The Morgan fingerprint density at radius 3 is 1.52 bits per heavy atom. The van der Waals surface area contributed by atoms with Crippen molar-refractivity contribution >= 4 is 57.7 Å². The predicted octanol–water partition coefficient (Wildman–Crippen LogP) is 7.01. The Balaban J connectivity index is 0.828. The van der Waals surface area contributed by atoms with E-state index in [4.69, 9.17) is 0 Å². The molecule has 0 radical (unpaired) electrons. The van der Waals surface area contributed by atoms with E-state index in [1.54, 1.807) is 9.80 Å². The third-order valence-electron chi connectivity index (χ3n) is 12.7. The second-order valence-electron chi connectivity index (χ2n) is 17.5. The smallest absolute Gasteiger partial charge is 0.250 e. The summed E-state index contributed by atoms with van der Waals surface area (Å²) in [5.41, 5.74) is 5.18. The first-order valence-corrected chi connectivity index (χ1v) is 22.3. The van der Waals surface area contributed by atoms with Crippen LogP contribution in [0.15, 0.2) is 109 Å². The topological polar surface area (TPSA) is 173 Å². The minimum absolute atomic E-state index is 0.150. The Kier molecular flexibility index (Phi) is 12.1. The molecule has 5 N–H and O–H groups in total. The Morgan fingerprint density at radius 2 is 1.03 bits per heavy atom. The lowest BCUT2D eigenvalue weighted by Crippen LogP contribution is -2.48. The van der Waals surface area contributed by atoms with Gasteiger partial charge in [0.25, 0.3) is 0 Å². The Morgan fingerprint density at radius 1 is 0.556 bits per heavy atom. The molecule has 4 atom stereocenters. The number of rotatable bonds is 15. The summed E-state index contributed by atoms with van der Waals surface area (Å²) in [7, 11) is 0. The number of nitrogens with one attached hydrogen (secondary N) is 5. The molecule has 6 amide bonds. The Bertz CT molecular complexity index is 2500. The molecule has 2 aliphatic carbocycles. The number of amides is 6. The largest absolute Gasteiger partial charge is 0.355 e. The first-order valence-electron chi connectivity index (χ1n) is 22.3. The van der Waals surface area contributed by atoms with Crippen LogP contribution in [0.5, 0.6) is 0 Å². The first-order chi connectivity index (χ1) is 30.7. The maximum atomic E-state index is 14.0. The van der Waals surface area contributed by atoms with Crippen molar-refractivity contribution in [3.05, 3.63) is 120 Å². The van der Waals surface area contributed by atoms with Gasteiger partial charge in [-0.15, -0.1) is 0 Å². The lowest BCUT2D eigenvalue weighted by molar-refractivity contribution is -0.140. The van der Waals surface area contributed by atoms with Gasteiger partial charge in [0.2, 0.25) is 35.4 Å². The van der Waals surface area contributed by atoms with Crippen LogP contribution >= 0.6 is 0 Å². The lowest BCUT2D eigenvalue weighted by atomic mass is 10.0. The van der Waals surface area contributed by atoms with E-state index in [0.29, 0.717) is 86.0 Å². The molecular formula is C50H53N7O6. The van der Waals surface area contributed by atoms with Crippen LogP contribution in [0.2, 0.25) is 0 Å². The van der Waals surface area contributed by atoms with Crippen LogP contribution in [0.1, 0.15) is 87.4 Å². The molecule has 13 nitrogen and oxygen atoms in total. The highest BCUT2D eigenvalue weighted by molar-refractivity contribution is 6.01. The summed E-state index contributed by atoms with van der Waals surface area (Å²) in [4.78, 5) is 87.9. The second kappa shape index (κ2) is 18.3. The monoisotopic (exact) mass is 847 g/mol. The van der Waals surface area contributed by atoms with Gasteiger partial charge < -0.3 is 36.1 Å². The highest BCUT2D eigenvalue weighted by Gasteiger charge is 2.40. The maximum Gasteiger partial charge on any atom is 0.250 e. The fourth-order valence-corrected chi connectivity index (χ4v) is 8.96. The van der Waals surface area contributed by atoms with Gasteiger partial charge in [-0.3, -0.25) is 28.8 Å². The van der Waals surface area contributed by atoms with E-state index in [0.717, 1.165) is 47.8 Å². The summed E-state index contributed by atoms with van der Waals surface area (Å²) in [5, 5.41) is 12.8. The van der Waals surface area contributed by atoms with Crippen molar-refractivity contribution in [1.82, 2.24) is 25.4 Å². The fraction of sp³-hybridized carbons (Fsp3) is 0.360. The highest BCUT2D eigenvalue weighted by Crippen LogP contribution is 2.35. The number of hydrogen-bond acceptors (Lipinski definition) is 6. The Hall–Kier alpha value is -6.76. The number of fused-ring (bicyclic) bond motifs is 1. The number of aromatic amines is 1. The zero-order valence-electron chi connectivity index (χ0n) is 35.2. The van der Waals surface area contributed by atoms with Crippen molar-refractivity contribution in [2.24, 2.45) is 11.8 Å². The van der Waals surface area contributed by atoms with Crippen molar-refractivity contribution in [1.29, 1.82) is 0 Å². The number of carbonyl (C=O) groups excluding carboxylic acids is 6. The van der Waals surface area contributed by atoms with Crippen LogP contribution in [0.4, 0.5) is 11.4 Å². The molecule has 4 aromatic carbocycles. The summed E-state index contributed by atoms with van der Waals surface area (Å²) in [5.74, 6) is -0.663. The van der Waals surface area contributed by atoms with Gasteiger partial charge in [0, 0.05) is 53.9 Å². The van der Waals surface area contributed by atoms with Gasteiger partial charge in [-0.1, -0.05) is 72.8 Å². The summed E-state index contributed by atoms with van der Waals surface area (Å²) >= 11 is 0. The number of carbonyl (C=O) groups is 6. The third-order valence-corrected chi connectivity index (χ3v) is 12.7. The number of nitrogens with zero attached hydrogens (tertiary/aromatic N) is 2. The van der Waals surface area contributed by atoms with E-state index in [1.165, 1.54) is 0 Å². The van der Waals surface area contributed by atoms with Gasteiger partial charge in [-0.05, 0) is 116 Å². The summed E-state index contributed by atoms with van der Waals surface area (Å²) in [6.07, 6.45) is 7.34. The number of H-pyrrole nitrogens is 1. The van der Waals surface area contributed by atoms with Crippen LogP contribution in [-0.2, 0) is 28.8 Å². The normalized spacial score (nSPS) is 19.3. The van der Waals surface area contributed by atoms with Gasteiger partial charge in [0.15, 0.2) is 0 Å². The zero-order valence-corrected chi connectivity index (χ0v) is 35.2. The van der Waals surface area contributed by atoms with E-state index in [9.17, 15) is 28.8 Å². The second-order valence-corrected chi connectivity index (χ2v) is 17.5. The number of likely N-dealkylation sites (tertiary alicyclic amines) is 2. The number of benzene rings is 4. The van der Waals surface area contributed by atoms with E-state index in [-0.39, 0.29) is 35.4 Å². The van der Waals surface area contributed by atoms with Crippen LogP contribution in [0.25, 0.3) is 22.2 Å². The van der Waals surface area contributed by atoms with Gasteiger partial charge in [-0.2, -0.15) is 0 Å². The minimum atomic E-state index is -0.866. The summed E-state index contributed by atoms with van der Waals surface area (Å²) in [6, 6.07) is 30.4. The number of hydrogen-bond donors (Lipinski definition) is 5. The fourth-order valence-electron chi connectivity index (χ4n) is 8.96. The lowest BCUT2D eigenvalue weighted by Gasteiger charge is -2.29. The molecule has 2 saturated heterocycles. The molecule has 0 bridgehead atoms. The molecule has 3 heterocycles. The van der Waals surface area contributed by atoms with Crippen molar-refractivity contribution in [2.75, 3.05) is 23.7 Å². The van der Waals surface area contributed by atoms with Crippen molar-refractivity contribution < 1.29 is 28.8 Å². The van der Waals surface area contributed by atoms with E-state index >= 15 is 0 Å². The molecule has 4 aliphatic rings. The molecule has 4 fully saturated rings. The molecule has 5 aromatic rings. The molecule has 2 saturated carbocycles. The highest BCUT2D eigenvalue weighted by atomic mass is 16.2.